The number of hydrogen-bond acceptors (Lipinski definition) is 4. The molecule has 0 bridgehead atoms. The van der Waals surface area contributed by atoms with Gasteiger partial charge in [-0.15, -0.1) is 11.8 Å². The molecule has 5 nitrogen and oxygen atoms in total. The summed E-state index contributed by atoms with van der Waals surface area (Å²) >= 11 is 1.65. The summed E-state index contributed by atoms with van der Waals surface area (Å²) in [7, 11) is 0. The van der Waals surface area contributed by atoms with E-state index in [0.29, 0.717) is 5.75 Å². The van der Waals surface area contributed by atoms with Crippen molar-refractivity contribution in [1.29, 1.82) is 0 Å². The van der Waals surface area contributed by atoms with Crippen LogP contribution in [0.15, 0.2) is 24.3 Å². The number of hydrogen-bond donors (Lipinski definition) is 1. The number of carbonyl (C=O) groups is 1. The van der Waals surface area contributed by atoms with Gasteiger partial charge in [0.25, 0.3) is 0 Å². The van der Waals surface area contributed by atoms with Crippen molar-refractivity contribution < 1.29 is 4.79 Å². The summed E-state index contributed by atoms with van der Waals surface area (Å²) in [6.07, 6.45) is 0. The quantitative estimate of drug-likeness (QED) is 0.914. The van der Waals surface area contributed by atoms with Gasteiger partial charge >= 0.3 is 0 Å². The number of para-hydroxylation sites is 2. The zero-order valence-electron chi connectivity index (χ0n) is 13.8. The number of carbonyl (C=O) groups excluding carboxylic acids is 1. The molecule has 0 saturated carbocycles. The van der Waals surface area contributed by atoms with Gasteiger partial charge < -0.3 is 14.8 Å². The second-order valence-electron chi connectivity index (χ2n) is 5.91. The number of benzene rings is 1. The second kappa shape index (κ2) is 7.36. The molecule has 0 radical (unpaired) electrons. The lowest BCUT2D eigenvalue weighted by atomic mass is 10.3. The van der Waals surface area contributed by atoms with Gasteiger partial charge in [0.15, 0.2) is 0 Å². The van der Waals surface area contributed by atoms with Crippen LogP contribution in [0.5, 0.6) is 0 Å². The van der Waals surface area contributed by atoms with E-state index in [9.17, 15) is 4.79 Å². The molecule has 23 heavy (non-hydrogen) atoms. The first-order valence-electron chi connectivity index (χ1n) is 8.23. The van der Waals surface area contributed by atoms with Crippen molar-refractivity contribution >= 4 is 28.7 Å². The number of piperazine rings is 1. The van der Waals surface area contributed by atoms with Gasteiger partial charge in [0, 0.05) is 26.2 Å². The van der Waals surface area contributed by atoms with Crippen molar-refractivity contribution in [1.82, 2.24) is 19.8 Å². The van der Waals surface area contributed by atoms with Crippen molar-refractivity contribution in [2.24, 2.45) is 0 Å². The van der Waals surface area contributed by atoms with Crippen molar-refractivity contribution in [3.63, 3.8) is 0 Å². The topological polar surface area (TPSA) is 52.2 Å². The maximum absolute atomic E-state index is 12.4. The van der Waals surface area contributed by atoms with Crippen LogP contribution < -0.4 is 0 Å². The summed E-state index contributed by atoms with van der Waals surface area (Å²) in [5, 5.41) is 0.184. The number of fused-ring (bicyclic) bond motifs is 1. The number of nitrogens with one attached hydrogen (secondary N) is 1. The van der Waals surface area contributed by atoms with Gasteiger partial charge in [-0.2, -0.15) is 0 Å². The van der Waals surface area contributed by atoms with Crippen molar-refractivity contribution in [3.8, 4) is 0 Å². The number of likely N-dealkylation sites (N-methyl/N-ethyl adjacent to an activating group) is 1. The molecular weight excluding hydrogens is 308 g/mol. The Balaban J connectivity index is 1.52. The number of H-pyrrole nitrogens is 1. The number of imidazole rings is 1. The predicted molar refractivity (Wildman–Crippen MR) is 95.7 cm³/mol. The third-order valence-corrected chi connectivity index (χ3v) is 5.56. The highest BCUT2D eigenvalue weighted by Crippen LogP contribution is 2.27. The molecule has 1 saturated heterocycles. The van der Waals surface area contributed by atoms with Gasteiger partial charge in [-0.05, 0) is 25.6 Å². The molecule has 1 amide bonds. The third kappa shape index (κ3) is 3.87. The van der Waals surface area contributed by atoms with Crippen LogP contribution in [0.2, 0.25) is 0 Å². The van der Waals surface area contributed by atoms with Gasteiger partial charge in [-0.1, -0.05) is 19.1 Å². The summed E-state index contributed by atoms with van der Waals surface area (Å²) in [6, 6.07) is 8.03. The van der Waals surface area contributed by atoms with Crippen molar-refractivity contribution in [2.45, 2.75) is 19.1 Å². The van der Waals surface area contributed by atoms with Gasteiger partial charge in [0.1, 0.15) is 5.82 Å². The Morgan fingerprint density at radius 1 is 1.30 bits per heavy atom. The molecular formula is C17H24N4OS. The number of aromatic nitrogens is 2. The number of rotatable bonds is 5. The normalized spacial score (nSPS) is 17.6. The minimum absolute atomic E-state index is 0.184. The van der Waals surface area contributed by atoms with Crippen LogP contribution >= 0.6 is 11.8 Å². The Morgan fingerprint density at radius 3 is 2.74 bits per heavy atom. The Bertz CT molecular complexity index is 630. The van der Waals surface area contributed by atoms with Gasteiger partial charge in [0.2, 0.25) is 5.91 Å². The molecule has 2 aromatic rings. The van der Waals surface area contributed by atoms with E-state index < -0.39 is 0 Å². The average molecular weight is 332 g/mol. The van der Waals surface area contributed by atoms with E-state index in [2.05, 4.69) is 28.7 Å². The lowest BCUT2D eigenvalue weighted by molar-refractivity contribution is -0.130. The van der Waals surface area contributed by atoms with E-state index in [1.807, 2.05) is 29.2 Å². The third-order valence-electron chi connectivity index (χ3n) is 4.42. The maximum Gasteiger partial charge on any atom is 0.232 e. The summed E-state index contributed by atoms with van der Waals surface area (Å²) in [4.78, 5) is 24.7. The van der Waals surface area contributed by atoms with E-state index in [0.717, 1.165) is 49.6 Å². The molecule has 0 aliphatic carbocycles. The number of amides is 1. The van der Waals surface area contributed by atoms with E-state index >= 15 is 0 Å². The second-order valence-corrected chi connectivity index (χ2v) is 7.24. The van der Waals surface area contributed by atoms with Gasteiger partial charge in [-0.25, -0.2) is 4.98 Å². The van der Waals surface area contributed by atoms with Crippen LogP contribution in [0.1, 0.15) is 24.9 Å². The Morgan fingerprint density at radius 2 is 2.04 bits per heavy atom. The fourth-order valence-electron chi connectivity index (χ4n) is 2.85. The molecule has 1 aliphatic rings. The lowest BCUT2D eigenvalue weighted by Crippen LogP contribution is -2.49. The lowest BCUT2D eigenvalue weighted by Gasteiger charge is -2.34. The molecule has 0 spiro atoms. The standard InChI is InChI=1S/C17H24N4OS/c1-3-20-8-10-21(11-9-20)16(22)12-23-13(2)17-18-14-6-4-5-7-15(14)19-17/h4-7,13H,3,8-12H2,1-2H3,(H,18,19). The van der Waals surface area contributed by atoms with Crippen LogP contribution in [0.4, 0.5) is 0 Å². The van der Waals surface area contributed by atoms with Crippen LogP contribution in [0.25, 0.3) is 11.0 Å². The summed E-state index contributed by atoms with van der Waals surface area (Å²) in [5.74, 6) is 1.71. The summed E-state index contributed by atoms with van der Waals surface area (Å²) in [6.45, 7) is 9.03. The van der Waals surface area contributed by atoms with Crippen LogP contribution in [0.3, 0.4) is 0 Å². The maximum atomic E-state index is 12.4. The highest BCUT2D eigenvalue weighted by molar-refractivity contribution is 8.00. The Kier molecular flexibility index (Phi) is 5.23. The SMILES string of the molecule is CCN1CCN(C(=O)CSC(C)c2nc3ccccc3[nH]2)CC1. The fourth-order valence-corrected chi connectivity index (χ4v) is 3.69. The predicted octanol–water partition coefficient (Wildman–Crippen LogP) is 2.52. The Hall–Kier alpha value is -1.53. The highest BCUT2D eigenvalue weighted by Gasteiger charge is 2.21. The first-order valence-corrected chi connectivity index (χ1v) is 9.28. The molecule has 1 aliphatic heterocycles. The monoisotopic (exact) mass is 332 g/mol. The zero-order valence-corrected chi connectivity index (χ0v) is 14.6. The van der Waals surface area contributed by atoms with Crippen molar-refractivity contribution in [3.05, 3.63) is 30.1 Å². The molecule has 1 aromatic heterocycles. The van der Waals surface area contributed by atoms with E-state index in [4.69, 9.17) is 0 Å². The Labute approximate surface area is 141 Å². The molecule has 1 unspecified atom stereocenters. The van der Waals surface area contributed by atoms with E-state index in [1.165, 1.54) is 0 Å². The first kappa shape index (κ1) is 16.3. The van der Waals surface area contributed by atoms with Crippen LogP contribution in [-0.4, -0.2) is 64.2 Å². The largest absolute Gasteiger partial charge is 0.341 e. The number of nitrogens with zero attached hydrogens (tertiary/aromatic N) is 3. The minimum atomic E-state index is 0.184. The van der Waals surface area contributed by atoms with Crippen molar-refractivity contribution in [2.75, 3.05) is 38.5 Å². The molecule has 1 atom stereocenters. The van der Waals surface area contributed by atoms with Gasteiger partial charge in [0.05, 0.1) is 22.0 Å². The highest BCUT2D eigenvalue weighted by atomic mass is 32.2. The van der Waals surface area contributed by atoms with E-state index in [1.54, 1.807) is 11.8 Å². The number of aromatic amines is 1. The van der Waals surface area contributed by atoms with Gasteiger partial charge in [-0.3, -0.25) is 4.79 Å². The average Bonchev–Trinajstić information content (AvgIpc) is 3.03. The molecule has 2 heterocycles. The first-order chi connectivity index (χ1) is 11.2. The summed E-state index contributed by atoms with van der Waals surface area (Å²) in [5.41, 5.74) is 2.04. The molecule has 1 fully saturated rings. The molecule has 6 heteroatoms. The smallest absolute Gasteiger partial charge is 0.232 e. The van der Waals surface area contributed by atoms with Crippen LogP contribution in [0, 0.1) is 0 Å². The molecule has 124 valence electrons. The molecule has 1 N–H and O–H groups in total. The molecule has 3 rings (SSSR count). The zero-order chi connectivity index (χ0) is 16.2. The summed E-state index contributed by atoms with van der Waals surface area (Å²) < 4.78 is 0. The fraction of sp³-hybridized carbons (Fsp3) is 0.529. The molecule has 1 aromatic carbocycles. The number of thioether (sulfide) groups is 1. The minimum Gasteiger partial charge on any atom is -0.341 e. The van der Waals surface area contributed by atoms with E-state index in [-0.39, 0.29) is 11.2 Å². The van der Waals surface area contributed by atoms with Crippen LogP contribution in [-0.2, 0) is 4.79 Å².